The molecular formula is C18H26F2N2O2. The van der Waals surface area contributed by atoms with E-state index in [0.29, 0.717) is 19.4 Å². The van der Waals surface area contributed by atoms with E-state index in [0.717, 1.165) is 30.4 Å². The molecule has 0 fully saturated rings. The van der Waals surface area contributed by atoms with Gasteiger partial charge in [-0.3, -0.25) is 4.79 Å². The summed E-state index contributed by atoms with van der Waals surface area (Å²) >= 11 is 0. The van der Waals surface area contributed by atoms with Crippen molar-refractivity contribution < 1.29 is 18.3 Å². The number of alkyl halides is 2. The van der Waals surface area contributed by atoms with Crippen LogP contribution < -0.4 is 15.8 Å². The third-order valence-electron chi connectivity index (χ3n) is 5.19. The van der Waals surface area contributed by atoms with Crippen molar-refractivity contribution in [3.05, 3.63) is 29.3 Å². The smallest absolute Gasteiger partial charge is 0.387 e. The molecular weight excluding hydrogens is 314 g/mol. The number of rotatable bonds is 7. The second-order valence-corrected chi connectivity index (χ2v) is 6.35. The van der Waals surface area contributed by atoms with Crippen molar-refractivity contribution in [2.24, 2.45) is 11.1 Å². The molecule has 0 saturated heterocycles. The molecule has 1 aliphatic carbocycles. The van der Waals surface area contributed by atoms with E-state index in [2.05, 4.69) is 10.1 Å². The molecule has 1 aromatic carbocycles. The predicted molar refractivity (Wildman–Crippen MR) is 89.0 cm³/mol. The van der Waals surface area contributed by atoms with E-state index in [1.807, 2.05) is 13.8 Å². The van der Waals surface area contributed by atoms with Crippen LogP contribution in [0, 0.1) is 5.41 Å². The first-order valence-corrected chi connectivity index (χ1v) is 8.54. The van der Waals surface area contributed by atoms with Crippen LogP contribution in [0.1, 0.15) is 56.7 Å². The minimum atomic E-state index is -2.83. The average Bonchev–Trinajstić information content (AvgIpc) is 2.56. The van der Waals surface area contributed by atoms with Crippen LogP contribution in [-0.2, 0) is 11.2 Å². The highest BCUT2D eigenvalue weighted by Crippen LogP contribution is 2.34. The van der Waals surface area contributed by atoms with E-state index < -0.39 is 12.0 Å². The Kier molecular flexibility index (Phi) is 6.15. The van der Waals surface area contributed by atoms with Crippen LogP contribution >= 0.6 is 0 Å². The number of hydrogen-bond acceptors (Lipinski definition) is 3. The van der Waals surface area contributed by atoms with E-state index in [4.69, 9.17) is 5.73 Å². The van der Waals surface area contributed by atoms with Gasteiger partial charge in [0.25, 0.3) is 0 Å². The molecule has 0 spiro atoms. The number of carbonyl (C=O) groups excluding carboxylic acids is 1. The number of benzene rings is 1. The van der Waals surface area contributed by atoms with Crippen molar-refractivity contribution in [3.63, 3.8) is 0 Å². The number of ether oxygens (including phenoxy) is 1. The Bertz CT molecular complexity index is 566. The van der Waals surface area contributed by atoms with Crippen molar-refractivity contribution in [3.8, 4) is 5.75 Å². The van der Waals surface area contributed by atoms with E-state index in [-0.39, 0.29) is 17.7 Å². The molecule has 0 radical (unpaired) electrons. The SMILES string of the molecule is CCC(CC)(CN)C(=O)NC1CCCc2cc(OC(F)F)ccc21. The molecule has 0 aromatic heterocycles. The molecule has 1 atom stereocenters. The Morgan fingerprint density at radius 1 is 1.42 bits per heavy atom. The molecule has 134 valence electrons. The molecule has 6 heteroatoms. The predicted octanol–water partition coefficient (Wildman–Crippen LogP) is 3.55. The normalized spacial score (nSPS) is 17.5. The van der Waals surface area contributed by atoms with Gasteiger partial charge in [0, 0.05) is 6.54 Å². The first-order chi connectivity index (χ1) is 11.5. The van der Waals surface area contributed by atoms with Crippen LogP contribution in [0.4, 0.5) is 8.78 Å². The summed E-state index contributed by atoms with van der Waals surface area (Å²) in [5, 5.41) is 3.12. The van der Waals surface area contributed by atoms with Crippen LogP contribution in [0.5, 0.6) is 5.75 Å². The third-order valence-corrected chi connectivity index (χ3v) is 5.19. The Morgan fingerprint density at radius 3 is 2.71 bits per heavy atom. The van der Waals surface area contributed by atoms with E-state index in [1.54, 1.807) is 12.1 Å². The third kappa shape index (κ3) is 3.86. The van der Waals surface area contributed by atoms with Crippen molar-refractivity contribution in [2.45, 2.75) is 58.6 Å². The Labute approximate surface area is 141 Å². The van der Waals surface area contributed by atoms with Crippen molar-refractivity contribution in [2.75, 3.05) is 6.54 Å². The van der Waals surface area contributed by atoms with Crippen LogP contribution in [0.3, 0.4) is 0 Å². The van der Waals surface area contributed by atoms with Crippen molar-refractivity contribution >= 4 is 5.91 Å². The van der Waals surface area contributed by atoms with Gasteiger partial charge in [0.05, 0.1) is 11.5 Å². The number of carbonyl (C=O) groups is 1. The number of halogens is 2. The number of nitrogens with two attached hydrogens (primary N) is 1. The molecule has 1 amide bonds. The number of hydrogen-bond donors (Lipinski definition) is 2. The molecule has 1 unspecified atom stereocenters. The second kappa shape index (κ2) is 7.92. The fourth-order valence-corrected chi connectivity index (χ4v) is 3.38. The molecule has 1 aliphatic rings. The molecule has 0 bridgehead atoms. The second-order valence-electron chi connectivity index (χ2n) is 6.35. The quantitative estimate of drug-likeness (QED) is 0.798. The zero-order valence-corrected chi connectivity index (χ0v) is 14.3. The lowest BCUT2D eigenvalue weighted by atomic mass is 9.80. The molecule has 3 N–H and O–H groups in total. The molecule has 4 nitrogen and oxygen atoms in total. The Morgan fingerprint density at radius 2 is 2.12 bits per heavy atom. The lowest BCUT2D eigenvalue weighted by molar-refractivity contribution is -0.132. The summed E-state index contributed by atoms with van der Waals surface area (Å²) < 4.78 is 29.2. The van der Waals surface area contributed by atoms with Gasteiger partial charge in [0.15, 0.2) is 0 Å². The summed E-state index contributed by atoms with van der Waals surface area (Å²) in [5.41, 5.74) is 7.24. The summed E-state index contributed by atoms with van der Waals surface area (Å²) in [4.78, 5) is 12.7. The highest BCUT2D eigenvalue weighted by Gasteiger charge is 2.35. The van der Waals surface area contributed by atoms with Gasteiger partial charge in [-0.15, -0.1) is 0 Å². The highest BCUT2D eigenvalue weighted by atomic mass is 19.3. The van der Waals surface area contributed by atoms with E-state index in [1.165, 1.54) is 6.07 Å². The summed E-state index contributed by atoms with van der Waals surface area (Å²) in [6.07, 6.45) is 3.90. The first kappa shape index (κ1) is 18.6. The van der Waals surface area contributed by atoms with Gasteiger partial charge >= 0.3 is 6.61 Å². The van der Waals surface area contributed by atoms with Crippen LogP contribution in [0.15, 0.2) is 18.2 Å². The van der Waals surface area contributed by atoms with E-state index >= 15 is 0 Å². The monoisotopic (exact) mass is 340 g/mol. The van der Waals surface area contributed by atoms with Gasteiger partial charge in [-0.05, 0) is 55.4 Å². The maximum atomic E-state index is 12.7. The summed E-state index contributed by atoms with van der Waals surface area (Å²) in [6.45, 7) is 1.42. The first-order valence-electron chi connectivity index (χ1n) is 8.54. The van der Waals surface area contributed by atoms with Gasteiger partial charge in [-0.2, -0.15) is 8.78 Å². The maximum Gasteiger partial charge on any atom is 0.387 e. The number of fused-ring (bicyclic) bond motifs is 1. The van der Waals surface area contributed by atoms with Gasteiger partial charge in [-0.1, -0.05) is 19.9 Å². The number of amides is 1. The molecule has 0 aliphatic heterocycles. The van der Waals surface area contributed by atoms with E-state index in [9.17, 15) is 13.6 Å². The van der Waals surface area contributed by atoms with Gasteiger partial charge in [-0.25, -0.2) is 0 Å². The number of nitrogens with one attached hydrogen (secondary N) is 1. The summed E-state index contributed by atoms with van der Waals surface area (Å²) in [5.74, 6) is 0.134. The lowest BCUT2D eigenvalue weighted by Crippen LogP contribution is -2.46. The average molecular weight is 340 g/mol. The van der Waals surface area contributed by atoms with Crippen LogP contribution in [-0.4, -0.2) is 19.1 Å². The van der Waals surface area contributed by atoms with Crippen LogP contribution in [0.2, 0.25) is 0 Å². The van der Waals surface area contributed by atoms with Gasteiger partial charge in [0.1, 0.15) is 5.75 Å². The van der Waals surface area contributed by atoms with Crippen molar-refractivity contribution in [1.82, 2.24) is 5.32 Å². The lowest BCUT2D eigenvalue weighted by Gasteiger charge is -2.33. The van der Waals surface area contributed by atoms with Gasteiger partial charge in [0.2, 0.25) is 5.91 Å². The molecule has 24 heavy (non-hydrogen) atoms. The fraction of sp³-hybridized carbons (Fsp3) is 0.611. The molecule has 1 aromatic rings. The standard InChI is InChI=1S/C18H26F2N2O2/c1-3-18(4-2,11-21)16(23)22-15-7-5-6-12-10-13(24-17(19)20)8-9-14(12)15/h8-10,15,17H,3-7,11,21H2,1-2H3,(H,22,23). The molecule has 0 saturated carbocycles. The van der Waals surface area contributed by atoms with Crippen LogP contribution in [0.25, 0.3) is 0 Å². The summed E-state index contributed by atoms with van der Waals surface area (Å²) in [6, 6.07) is 4.85. The molecule has 2 rings (SSSR count). The minimum Gasteiger partial charge on any atom is -0.435 e. The molecule has 0 heterocycles. The zero-order valence-electron chi connectivity index (χ0n) is 14.3. The zero-order chi connectivity index (χ0) is 17.7. The minimum absolute atomic E-state index is 0.0271. The maximum absolute atomic E-state index is 12.7. The van der Waals surface area contributed by atoms with Gasteiger partial charge < -0.3 is 15.8 Å². The fourth-order valence-electron chi connectivity index (χ4n) is 3.38. The Balaban J connectivity index is 2.19. The largest absolute Gasteiger partial charge is 0.435 e. The number of aryl methyl sites for hydroxylation is 1. The topological polar surface area (TPSA) is 64.4 Å². The van der Waals surface area contributed by atoms with Crippen molar-refractivity contribution in [1.29, 1.82) is 0 Å². The summed E-state index contributed by atoms with van der Waals surface area (Å²) in [7, 11) is 0. The Hall–Kier alpha value is -1.69. The highest BCUT2D eigenvalue weighted by molar-refractivity contribution is 5.83.